The van der Waals surface area contributed by atoms with Gasteiger partial charge in [-0.05, 0) is 73.6 Å². The Balaban J connectivity index is 1.83. The molecule has 1 aliphatic rings. The second-order valence-corrected chi connectivity index (χ2v) is 8.21. The van der Waals surface area contributed by atoms with E-state index in [0.29, 0.717) is 55.9 Å². The van der Waals surface area contributed by atoms with Gasteiger partial charge in [0.25, 0.3) is 5.91 Å². The molecule has 0 bridgehead atoms. The number of hydrogen-bond donors (Lipinski definition) is 0. The van der Waals surface area contributed by atoms with Crippen molar-refractivity contribution in [1.29, 1.82) is 0 Å². The van der Waals surface area contributed by atoms with Gasteiger partial charge in [-0.25, -0.2) is 9.79 Å². The van der Waals surface area contributed by atoms with Crippen molar-refractivity contribution < 1.29 is 19.1 Å². The molecule has 0 atom stereocenters. The predicted octanol–water partition coefficient (Wildman–Crippen LogP) is 5.80. The van der Waals surface area contributed by atoms with Gasteiger partial charge in [-0.15, -0.1) is 0 Å². The first-order valence-electron chi connectivity index (χ1n) is 9.49. The average molecular weight is 479 g/mol. The molecule has 0 aliphatic carbocycles. The van der Waals surface area contributed by atoms with Crippen molar-refractivity contribution in [2.24, 2.45) is 4.99 Å². The maximum Gasteiger partial charge on any atom is 0.338 e. The van der Waals surface area contributed by atoms with E-state index < -0.39 is 0 Å². The second-order valence-electron chi connectivity index (χ2n) is 6.38. The molecule has 1 heterocycles. The molecule has 162 valence electrons. The van der Waals surface area contributed by atoms with Crippen molar-refractivity contribution >= 4 is 63.8 Å². The molecular weight excluding hydrogens is 459 g/mol. The molecule has 0 radical (unpaired) electrons. The molecular formula is C22H20Cl2N2O4S. The Hall–Kier alpha value is -2.48. The predicted molar refractivity (Wildman–Crippen MR) is 125 cm³/mol. The van der Waals surface area contributed by atoms with Crippen molar-refractivity contribution in [3.05, 3.63) is 62.5 Å². The van der Waals surface area contributed by atoms with Crippen LogP contribution in [0.15, 0.2) is 46.3 Å². The number of esters is 1. The van der Waals surface area contributed by atoms with E-state index in [1.807, 2.05) is 6.92 Å². The van der Waals surface area contributed by atoms with Crippen LogP contribution in [0.5, 0.6) is 5.75 Å². The topological polar surface area (TPSA) is 68.2 Å². The van der Waals surface area contributed by atoms with E-state index in [-0.39, 0.29) is 11.9 Å². The second kappa shape index (κ2) is 10.2. The van der Waals surface area contributed by atoms with Gasteiger partial charge in [0.2, 0.25) is 0 Å². The van der Waals surface area contributed by atoms with Crippen LogP contribution in [0, 0.1) is 0 Å². The summed E-state index contributed by atoms with van der Waals surface area (Å²) >= 11 is 13.8. The van der Waals surface area contributed by atoms with Crippen LogP contribution in [0.4, 0.5) is 5.69 Å². The first-order chi connectivity index (χ1) is 14.8. The van der Waals surface area contributed by atoms with Crippen LogP contribution in [0.3, 0.4) is 0 Å². The zero-order chi connectivity index (χ0) is 22.5. The molecule has 0 unspecified atom stereocenters. The SMILES string of the molecule is CCOC(=O)c1ccc(N=C2S/C(=C\c3cc(Cl)c(OCC)c(Cl)c3)C(=O)N2C)cc1. The highest BCUT2D eigenvalue weighted by molar-refractivity contribution is 8.18. The van der Waals surface area contributed by atoms with Gasteiger partial charge < -0.3 is 9.47 Å². The number of aliphatic imine (C=N–C) groups is 1. The molecule has 1 aliphatic heterocycles. The molecule has 1 amide bonds. The van der Waals surface area contributed by atoms with E-state index in [0.717, 1.165) is 0 Å². The maximum absolute atomic E-state index is 12.7. The fourth-order valence-corrected chi connectivity index (χ4v) is 4.34. The van der Waals surface area contributed by atoms with Crippen LogP contribution in [-0.2, 0) is 9.53 Å². The third kappa shape index (κ3) is 5.42. The number of amidine groups is 1. The maximum atomic E-state index is 12.7. The van der Waals surface area contributed by atoms with Crippen LogP contribution in [-0.4, -0.2) is 42.2 Å². The van der Waals surface area contributed by atoms with E-state index in [1.54, 1.807) is 56.4 Å². The minimum absolute atomic E-state index is 0.187. The van der Waals surface area contributed by atoms with Gasteiger partial charge in [-0.3, -0.25) is 9.69 Å². The summed E-state index contributed by atoms with van der Waals surface area (Å²) in [5.41, 5.74) is 1.74. The number of benzene rings is 2. The van der Waals surface area contributed by atoms with E-state index in [2.05, 4.69) is 4.99 Å². The Morgan fingerprint density at radius 2 is 1.77 bits per heavy atom. The van der Waals surface area contributed by atoms with Crippen molar-refractivity contribution in [2.45, 2.75) is 13.8 Å². The fraction of sp³-hybridized carbons (Fsp3) is 0.227. The van der Waals surface area contributed by atoms with Crippen molar-refractivity contribution in [1.82, 2.24) is 4.90 Å². The third-order valence-corrected chi connectivity index (χ3v) is 5.84. The van der Waals surface area contributed by atoms with E-state index in [9.17, 15) is 9.59 Å². The number of carbonyl (C=O) groups excluding carboxylic acids is 2. The van der Waals surface area contributed by atoms with Gasteiger partial charge in [-0.2, -0.15) is 0 Å². The zero-order valence-corrected chi connectivity index (χ0v) is 19.5. The number of nitrogens with zero attached hydrogens (tertiary/aromatic N) is 2. The Morgan fingerprint density at radius 3 is 2.35 bits per heavy atom. The summed E-state index contributed by atoms with van der Waals surface area (Å²) in [5.74, 6) is -0.154. The summed E-state index contributed by atoms with van der Waals surface area (Å²) in [5, 5.41) is 1.27. The third-order valence-electron chi connectivity index (χ3n) is 4.21. The number of carbonyl (C=O) groups is 2. The summed E-state index contributed by atoms with van der Waals surface area (Å²) in [6, 6.07) is 10.1. The van der Waals surface area contributed by atoms with E-state index in [1.165, 1.54) is 16.7 Å². The highest BCUT2D eigenvalue weighted by Gasteiger charge is 2.30. The van der Waals surface area contributed by atoms with Crippen LogP contribution < -0.4 is 4.74 Å². The molecule has 2 aromatic rings. The molecule has 0 spiro atoms. The van der Waals surface area contributed by atoms with Gasteiger partial charge in [0, 0.05) is 7.05 Å². The molecule has 0 saturated carbocycles. The molecule has 9 heteroatoms. The summed E-state index contributed by atoms with van der Waals surface area (Å²) in [6.45, 7) is 4.35. The summed E-state index contributed by atoms with van der Waals surface area (Å²) in [6.07, 6.45) is 1.71. The van der Waals surface area contributed by atoms with Crippen molar-refractivity contribution in [3.8, 4) is 5.75 Å². The zero-order valence-electron chi connectivity index (χ0n) is 17.1. The van der Waals surface area contributed by atoms with Crippen LogP contribution >= 0.6 is 35.0 Å². The van der Waals surface area contributed by atoms with Crippen LogP contribution in [0.25, 0.3) is 6.08 Å². The minimum atomic E-state index is -0.387. The molecule has 31 heavy (non-hydrogen) atoms. The standard InChI is InChI=1S/C22H20Cl2N2O4S/c1-4-29-19-16(23)10-13(11-17(19)24)12-18-20(27)26(3)22(31-18)25-15-8-6-14(7-9-15)21(28)30-5-2/h6-12H,4-5H2,1-3H3/b18-12-,25-22?. The van der Waals surface area contributed by atoms with Gasteiger partial charge in [-0.1, -0.05) is 23.2 Å². The van der Waals surface area contributed by atoms with Crippen molar-refractivity contribution in [3.63, 3.8) is 0 Å². The van der Waals surface area contributed by atoms with E-state index >= 15 is 0 Å². The Morgan fingerprint density at radius 1 is 1.13 bits per heavy atom. The summed E-state index contributed by atoms with van der Waals surface area (Å²) in [4.78, 5) is 30.9. The smallest absolute Gasteiger partial charge is 0.338 e. The number of thioether (sulfide) groups is 1. The van der Waals surface area contributed by atoms with E-state index in [4.69, 9.17) is 32.7 Å². The number of hydrogen-bond acceptors (Lipinski definition) is 6. The Kier molecular flexibility index (Phi) is 7.64. The van der Waals surface area contributed by atoms with Gasteiger partial charge in [0.15, 0.2) is 10.9 Å². The molecule has 2 aromatic carbocycles. The number of amides is 1. The number of rotatable bonds is 6. The fourth-order valence-electron chi connectivity index (χ4n) is 2.74. The van der Waals surface area contributed by atoms with Crippen molar-refractivity contribution in [2.75, 3.05) is 20.3 Å². The van der Waals surface area contributed by atoms with Crippen LogP contribution in [0.1, 0.15) is 29.8 Å². The first-order valence-corrected chi connectivity index (χ1v) is 11.1. The van der Waals surface area contributed by atoms with Gasteiger partial charge in [0.05, 0.1) is 39.4 Å². The molecule has 6 nitrogen and oxygen atoms in total. The lowest BCUT2D eigenvalue weighted by Gasteiger charge is -2.09. The lowest BCUT2D eigenvalue weighted by Crippen LogP contribution is -2.23. The quantitative estimate of drug-likeness (QED) is 0.387. The normalized spacial score (nSPS) is 16.3. The molecule has 3 rings (SSSR count). The minimum Gasteiger partial charge on any atom is -0.491 e. The summed E-state index contributed by atoms with van der Waals surface area (Å²) in [7, 11) is 1.65. The lowest BCUT2D eigenvalue weighted by atomic mass is 10.2. The highest BCUT2D eigenvalue weighted by Crippen LogP contribution is 2.37. The first kappa shape index (κ1) is 23.2. The average Bonchev–Trinajstić information content (AvgIpc) is 2.99. The lowest BCUT2D eigenvalue weighted by molar-refractivity contribution is -0.121. The molecule has 0 aromatic heterocycles. The summed E-state index contributed by atoms with van der Waals surface area (Å²) < 4.78 is 10.4. The van der Waals surface area contributed by atoms with Gasteiger partial charge >= 0.3 is 5.97 Å². The molecule has 1 saturated heterocycles. The highest BCUT2D eigenvalue weighted by atomic mass is 35.5. The Bertz CT molecular complexity index is 1040. The largest absolute Gasteiger partial charge is 0.491 e. The molecule has 0 N–H and O–H groups in total. The van der Waals surface area contributed by atoms with Crippen LogP contribution in [0.2, 0.25) is 10.0 Å². The monoisotopic (exact) mass is 478 g/mol. The number of likely N-dealkylation sites (N-methyl/N-ethyl adjacent to an activating group) is 1. The Labute approximate surface area is 194 Å². The van der Waals surface area contributed by atoms with Gasteiger partial charge in [0.1, 0.15) is 0 Å². The number of ether oxygens (including phenoxy) is 2. The number of halogens is 2. The molecule has 1 fully saturated rings.